The van der Waals surface area contributed by atoms with E-state index in [1.165, 1.54) is 40.5 Å². The van der Waals surface area contributed by atoms with E-state index >= 15 is 0 Å². The van der Waals surface area contributed by atoms with Crippen molar-refractivity contribution in [1.29, 1.82) is 0 Å². The van der Waals surface area contributed by atoms with Gasteiger partial charge in [-0.05, 0) is 54.7 Å². The molecule has 6 nitrogen and oxygen atoms in total. The van der Waals surface area contributed by atoms with Crippen LogP contribution in [0.1, 0.15) is 34.7 Å². The van der Waals surface area contributed by atoms with E-state index < -0.39 is 15.8 Å². The second-order valence-corrected chi connectivity index (χ2v) is 9.05. The predicted octanol–water partition coefficient (Wildman–Crippen LogP) is 3.17. The highest BCUT2D eigenvalue weighted by molar-refractivity contribution is 7.88. The molecule has 28 heavy (non-hydrogen) atoms. The van der Waals surface area contributed by atoms with Crippen LogP contribution in [0.15, 0.2) is 47.1 Å². The van der Waals surface area contributed by atoms with Crippen molar-refractivity contribution in [3.05, 3.63) is 76.8 Å². The predicted molar refractivity (Wildman–Crippen MR) is 102 cm³/mol. The van der Waals surface area contributed by atoms with Crippen LogP contribution in [0.3, 0.4) is 0 Å². The summed E-state index contributed by atoms with van der Waals surface area (Å²) in [4.78, 5) is 0. The maximum absolute atomic E-state index is 13.2. The summed E-state index contributed by atoms with van der Waals surface area (Å²) in [5.74, 6) is -0.0314. The number of hydrogen-bond donors (Lipinski definition) is 0. The summed E-state index contributed by atoms with van der Waals surface area (Å²) in [6.07, 6.45) is 4.48. The number of hydrogen-bond acceptors (Lipinski definition) is 4. The van der Waals surface area contributed by atoms with Gasteiger partial charge in [-0.15, -0.1) is 0 Å². The van der Waals surface area contributed by atoms with Crippen molar-refractivity contribution in [2.75, 3.05) is 0 Å². The lowest BCUT2D eigenvalue weighted by molar-refractivity contribution is 0.353. The number of sulfonamides is 1. The average Bonchev–Trinajstić information content (AvgIpc) is 3.37. The van der Waals surface area contributed by atoms with Crippen molar-refractivity contribution < 1.29 is 17.2 Å². The van der Waals surface area contributed by atoms with E-state index in [-0.39, 0.29) is 18.8 Å². The lowest BCUT2D eigenvalue weighted by atomic mass is 10.2. The van der Waals surface area contributed by atoms with Gasteiger partial charge in [0, 0.05) is 12.7 Å². The highest BCUT2D eigenvalue weighted by atomic mass is 32.2. The third-order valence-corrected chi connectivity index (χ3v) is 6.84. The normalized spacial score (nSPS) is 14.0. The van der Waals surface area contributed by atoms with Crippen LogP contribution >= 0.6 is 0 Å². The van der Waals surface area contributed by atoms with Crippen LogP contribution in [0.4, 0.5) is 4.39 Å². The lowest BCUT2D eigenvalue weighted by Crippen LogP contribution is -2.31. The molecule has 148 valence electrons. The molecule has 1 aromatic carbocycles. The van der Waals surface area contributed by atoms with E-state index in [1.54, 1.807) is 12.1 Å². The summed E-state index contributed by atoms with van der Waals surface area (Å²) in [6, 6.07) is 9.02. The lowest BCUT2D eigenvalue weighted by Gasteiger charge is -2.21. The number of rotatable bonds is 7. The Labute approximate surface area is 163 Å². The highest BCUT2D eigenvalue weighted by Gasteiger charge is 2.28. The van der Waals surface area contributed by atoms with Crippen LogP contribution in [-0.4, -0.2) is 22.5 Å². The molecular weight excluding hydrogens is 381 g/mol. The van der Waals surface area contributed by atoms with E-state index in [0.717, 1.165) is 30.5 Å². The number of halogens is 1. The van der Waals surface area contributed by atoms with Crippen molar-refractivity contribution in [2.45, 2.75) is 38.1 Å². The molecule has 0 unspecified atom stereocenters. The van der Waals surface area contributed by atoms with Crippen LogP contribution in [0, 0.1) is 5.82 Å². The van der Waals surface area contributed by atoms with Crippen molar-refractivity contribution in [3.8, 4) is 0 Å². The Balaban J connectivity index is 1.63. The molecule has 0 saturated heterocycles. The SMILES string of the molecule is Cn1nc(CN(Cc2ccco2)S(=O)(=O)Cc2ccc(F)cc2)c2c1CCC2. The molecule has 0 saturated carbocycles. The molecule has 0 aliphatic heterocycles. The summed E-state index contributed by atoms with van der Waals surface area (Å²) in [7, 11) is -1.77. The fourth-order valence-corrected chi connectivity index (χ4v) is 5.14. The quantitative estimate of drug-likeness (QED) is 0.608. The van der Waals surface area contributed by atoms with Gasteiger partial charge in [-0.3, -0.25) is 4.68 Å². The maximum Gasteiger partial charge on any atom is 0.219 e. The van der Waals surface area contributed by atoms with Crippen LogP contribution in [0.2, 0.25) is 0 Å². The van der Waals surface area contributed by atoms with Gasteiger partial charge in [0.05, 0.1) is 30.8 Å². The smallest absolute Gasteiger partial charge is 0.219 e. The minimum Gasteiger partial charge on any atom is -0.468 e. The van der Waals surface area contributed by atoms with E-state index in [2.05, 4.69) is 5.10 Å². The topological polar surface area (TPSA) is 68.3 Å². The molecule has 3 aromatic rings. The highest BCUT2D eigenvalue weighted by Crippen LogP contribution is 2.27. The van der Waals surface area contributed by atoms with Crippen LogP contribution in [0.25, 0.3) is 0 Å². The Morgan fingerprint density at radius 3 is 2.68 bits per heavy atom. The second-order valence-electron chi connectivity index (χ2n) is 7.08. The Morgan fingerprint density at radius 1 is 1.18 bits per heavy atom. The molecule has 8 heteroatoms. The van der Waals surface area contributed by atoms with Crippen molar-refractivity contribution in [3.63, 3.8) is 0 Å². The Kier molecular flexibility index (Phi) is 5.07. The minimum atomic E-state index is -3.67. The molecule has 0 radical (unpaired) electrons. The van der Waals surface area contributed by atoms with Gasteiger partial charge in [0.25, 0.3) is 0 Å². The second kappa shape index (κ2) is 7.52. The summed E-state index contributed by atoms with van der Waals surface area (Å²) in [5, 5.41) is 4.56. The fraction of sp³-hybridized carbons (Fsp3) is 0.350. The first-order valence-electron chi connectivity index (χ1n) is 9.20. The minimum absolute atomic E-state index is 0.127. The van der Waals surface area contributed by atoms with E-state index in [9.17, 15) is 12.8 Å². The average molecular weight is 403 g/mol. The molecule has 1 aliphatic rings. The molecular formula is C20H22FN3O3S. The van der Waals surface area contributed by atoms with Gasteiger partial charge < -0.3 is 4.42 Å². The first-order valence-corrected chi connectivity index (χ1v) is 10.8. The van der Waals surface area contributed by atoms with E-state index in [4.69, 9.17) is 4.42 Å². The van der Waals surface area contributed by atoms with Gasteiger partial charge in [0.15, 0.2) is 0 Å². The van der Waals surface area contributed by atoms with Crippen molar-refractivity contribution in [2.24, 2.45) is 7.05 Å². The fourth-order valence-electron chi connectivity index (χ4n) is 3.70. The molecule has 0 fully saturated rings. The summed E-state index contributed by atoms with van der Waals surface area (Å²) in [6.45, 7) is 0.315. The van der Waals surface area contributed by atoms with Crippen LogP contribution in [0.5, 0.6) is 0 Å². The number of aromatic nitrogens is 2. The Morgan fingerprint density at radius 2 is 1.96 bits per heavy atom. The molecule has 0 atom stereocenters. The first kappa shape index (κ1) is 18.9. The number of fused-ring (bicyclic) bond motifs is 1. The van der Waals surface area contributed by atoms with Gasteiger partial charge in [-0.1, -0.05) is 12.1 Å². The summed E-state index contributed by atoms with van der Waals surface area (Å²) in [5.41, 5.74) is 3.68. The van der Waals surface area contributed by atoms with Gasteiger partial charge in [-0.25, -0.2) is 12.8 Å². The van der Waals surface area contributed by atoms with Gasteiger partial charge in [-0.2, -0.15) is 9.40 Å². The summed E-state index contributed by atoms with van der Waals surface area (Å²) >= 11 is 0. The zero-order chi connectivity index (χ0) is 19.7. The molecule has 1 aliphatic carbocycles. The van der Waals surface area contributed by atoms with Crippen LogP contribution in [-0.2, 0) is 48.8 Å². The van der Waals surface area contributed by atoms with Crippen molar-refractivity contribution in [1.82, 2.24) is 14.1 Å². The number of aryl methyl sites for hydroxylation is 1. The molecule has 2 heterocycles. The van der Waals surface area contributed by atoms with Gasteiger partial charge in [0.1, 0.15) is 11.6 Å². The molecule has 0 spiro atoms. The monoisotopic (exact) mass is 403 g/mol. The molecule has 4 rings (SSSR count). The molecule has 2 aromatic heterocycles. The van der Waals surface area contributed by atoms with E-state index in [0.29, 0.717) is 11.3 Å². The van der Waals surface area contributed by atoms with Gasteiger partial charge in [0.2, 0.25) is 10.0 Å². The van der Waals surface area contributed by atoms with Crippen molar-refractivity contribution >= 4 is 10.0 Å². The summed E-state index contributed by atoms with van der Waals surface area (Å²) < 4.78 is 48.2. The third kappa shape index (κ3) is 3.88. The molecule has 0 bridgehead atoms. The molecule has 0 amide bonds. The third-order valence-electron chi connectivity index (χ3n) is 5.09. The zero-order valence-corrected chi connectivity index (χ0v) is 16.5. The number of benzene rings is 1. The first-order chi connectivity index (χ1) is 13.4. The Hall–Kier alpha value is -2.45. The standard InChI is InChI=1S/C20H22FN3O3S/c1-23-20-6-2-5-18(20)19(22-23)13-24(12-17-4-3-11-27-17)28(25,26)14-15-7-9-16(21)10-8-15/h3-4,7-11H,2,5-6,12-14H2,1H3. The van der Waals surface area contributed by atoms with Crippen LogP contribution < -0.4 is 0 Å². The Bertz CT molecular complexity index is 1060. The number of furan rings is 1. The number of nitrogens with zero attached hydrogens (tertiary/aromatic N) is 3. The molecule has 0 N–H and O–H groups in total. The van der Waals surface area contributed by atoms with Gasteiger partial charge >= 0.3 is 0 Å². The largest absolute Gasteiger partial charge is 0.468 e. The zero-order valence-electron chi connectivity index (χ0n) is 15.6. The maximum atomic E-state index is 13.2. The van der Waals surface area contributed by atoms with E-state index in [1.807, 2.05) is 11.7 Å².